The zero-order valence-electron chi connectivity index (χ0n) is 7.75. The first-order valence-electron chi connectivity index (χ1n) is 4.25. The van der Waals surface area contributed by atoms with Crippen LogP contribution >= 0.6 is 27.3 Å². The van der Waals surface area contributed by atoms with Gasteiger partial charge in [0.15, 0.2) is 0 Å². The van der Waals surface area contributed by atoms with Gasteiger partial charge in [-0.15, -0.1) is 11.3 Å². The molecule has 0 saturated carbocycles. The van der Waals surface area contributed by atoms with Gasteiger partial charge < -0.3 is 0 Å². The van der Waals surface area contributed by atoms with Crippen molar-refractivity contribution in [3.05, 3.63) is 39.9 Å². The van der Waals surface area contributed by atoms with E-state index in [0.717, 1.165) is 6.07 Å². The molecule has 1 nitrogen and oxygen atoms in total. The lowest BCUT2D eigenvalue weighted by atomic mass is 10.1. The maximum atomic E-state index is 12.7. The van der Waals surface area contributed by atoms with Crippen LogP contribution in [-0.2, 0) is 6.18 Å². The molecule has 0 fully saturated rings. The molecular formula is C10H5BrF3NS. The Balaban J connectivity index is 2.62. The third-order valence-electron chi connectivity index (χ3n) is 2.00. The first-order valence-corrected chi connectivity index (χ1v) is 5.93. The minimum absolute atomic E-state index is 0.157. The highest BCUT2D eigenvalue weighted by Crippen LogP contribution is 2.40. The smallest absolute Gasteiger partial charge is 0.237 e. The van der Waals surface area contributed by atoms with Gasteiger partial charge in [-0.1, -0.05) is 18.2 Å². The topological polar surface area (TPSA) is 12.9 Å². The van der Waals surface area contributed by atoms with Crippen molar-refractivity contribution in [2.75, 3.05) is 0 Å². The summed E-state index contributed by atoms with van der Waals surface area (Å²) >= 11 is 4.31. The Labute approximate surface area is 102 Å². The van der Waals surface area contributed by atoms with Gasteiger partial charge in [-0.25, -0.2) is 4.98 Å². The highest BCUT2D eigenvalue weighted by molar-refractivity contribution is 9.10. The minimum atomic E-state index is -4.35. The van der Waals surface area contributed by atoms with Crippen LogP contribution in [-0.4, -0.2) is 4.98 Å². The molecule has 6 heteroatoms. The number of hydrogen-bond donors (Lipinski definition) is 0. The third-order valence-corrected chi connectivity index (χ3v) is 3.72. The molecule has 0 spiro atoms. The normalized spacial score (nSPS) is 11.8. The predicted molar refractivity (Wildman–Crippen MR) is 60.3 cm³/mol. The van der Waals surface area contributed by atoms with E-state index in [4.69, 9.17) is 0 Å². The van der Waals surface area contributed by atoms with E-state index in [2.05, 4.69) is 20.9 Å². The second kappa shape index (κ2) is 4.18. The summed E-state index contributed by atoms with van der Waals surface area (Å²) in [7, 11) is 0. The van der Waals surface area contributed by atoms with Gasteiger partial charge in [-0.2, -0.15) is 13.2 Å². The van der Waals surface area contributed by atoms with Crippen molar-refractivity contribution in [1.82, 2.24) is 4.98 Å². The standard InChI is InChI=1S/C10H5BrF3NS/c11-9-8(16-5-15-9)6-3-1-2-4-7(6)10(12,13)14/h1-5H. The molecule has 1 aromatic carbocycles. The summed E-state index contributed by atoms with van der Waals surface area (Å²) in [5.74, 6) is 0. The first kappa shape index (κ1) is 11.6. The Morgan fingerprint density at radius 3 is 2.44 bits per heavy atom. The van der Waals surface area contributed by atoms with Gasteiger partial charge >= 0.3 is 6.18 Å². The molecule has 0 unspecified atom stereocenters. The predicted octanol–water partition coefficient (Wildman–Crippen LogP) is 4.59. The van der Waals surface area contributed by atoms with Gasteiger partial charge in [-0.3, -0.25) is 0 Å². The minimum Gasteiger partial charge on any atom is -0.237 e. The van der Waals surface area contributed by atoms with E-state index in [1.165, 1.54) is 29.0 Å². The van der Waals surface area contributed by atoms with E-state index in [-0.39, 0.29) is 5.56 Å². The average molecular weight is 308 g/mol. The molecule has 0 aliphatic rings. The number of benzene rings is 1. The summed E-state index contributed by atoms with van der Waals surface area (Å²) < 4.78 is 38.7. The largest absolute Gasteiger partial charge is 0.417 e. The van der Waals surface area contributed by atoms with Crippen LogP contribution in [0.4, 0.5) is 13.2 Å². The Morgan fingerprint density at radius 2 is 1.88 bits per heavy atom. The van der Waals surface area contributed by atoms with Gasteiger partial charge in [-0.05, 0) is 22.0 Å². The molecule has 2 aromatic rings. The van der Waals surface area contributed by atoms with Gasteiger partial charge in [0.1, 0.15) is 4.60 Å². The van der Waals surface area contributed by atoms with Crippen LogP contribution < -0.4 is 0 Å². The Hall–Kier alpha value is -0.880. The fourth-order valence-corrected chi connectivity index (χ4v) is 2.79. The Bertz CT molecular complexity index is 507. The maximum absolute atomic E-state index is 12.7. The van der Waals surface area contributed by atoms with Crippen molar-refractivity contribution in [2.24, 2.45) is 0 Å². The van der Waals surface area contributed by atoms with Crippen LogP contribution in [0.3, 0.4) is 0 Å². The molecule has 0 bridgehead atoms. The molecule has 2 rings (SSSR count). The maximum Gasteiger partial charge on any atom is 0.417 e. The van der Waals surface area contributed by atoms with Crippen molar-refractivity contribution >= 4 is 27.3 Å². The van der Waals surface area contributed by atoms with E-state index in [9.17, 15) is 13.2 Å². The van der Waals surface area contributed by atoms with E-state index in [1.807, 2.05) is 0 Å². The van der Waals surface area contributed by atoms with E-state index in [0.29, 0.717) is 9.48 Å². The van der Waals surface area contributed by atoms with Crippen LogP contribution in [0, 0.1) is 0 Å². The van der Waals surface area contributed by atoms with Gasteiger partial charge in [0.2, 0.25) is 0 Å². The average Bonchev–Trinajstić information content (AvgIpc) is 2.63. The lowest BCUT2D eigenvalue weighted by Crippen LogP contribution is -2.06. The fourth-order valence-electron chi connectivity index (χ4n) is 1.34. The lowest BCUT2D eigenvalue weighted by molar-refractivity contribution is -0.137. The number of hydrogen-bond acceptors (Lipinski definition) is 2. The number of aromatic nitrogens is 1. The van der Waals surface area contributed by atoms with Crippen LogP contribution in [0.25, 0.3) is 10.4 Å². The molecule has 1 heterocycles. The van der Waals surface area contributed by atoms with Crippen molar-refractivity contribution < 1.29 is 13.2 Å². The van der Waals surface area contributed by atoms with E-state index >= 15 is 0 Å². The van der Waals surface area contributed by atoms with Gasteiger partial charge in [0, 0.05) is 5.56 Å². The lowest BCUT2D eigenvalue weighted by Gasteiger charge is -2.11. The number of nitrogens with zero attached hydrogens (tertiary/aromatic N) is 1. The van der Waals surface area contributed by atoms with Crippen LogP contribution in [0.5, 0.6) is 0 Å². The van der Waals surface area contributed by atoms with Gasteiger partial charge in [0.25, 0.3) is 0 Å². The van der Waals surface area contributed by atoms with Crippen molar-refractivity contribution in [1.29, 1.82) is 0 Å². The molecule has 0 amide bonds. The van der Waals surface area contributed by atoms with Crippen LogP contribution in [0.1, 0.15) is 5.56 Å². The number of halogens is 4. The molecule has 84 valence electrons. The molecular weight excluding hydrogens is 303 g/mol. The zero-order chi connectivity index (χ0) is 11.8. The van der Waals surface area contributed by atoms with E-state index < -0.39 is 11.7 Å². The van der Waals surface area contributed by atoms with E-state index in [1.54, 1.807) is 6.07 Å². The SMILES string of the molecule is FC(F)(F)c1ccccc1-c1scnc1Br. The molecule has 0 radical (unpaired) electrons. The molecule has 0 atom stereocenters. The van der Waals surface area contributed by atoms with Crippen LogP contribution in [0.2, 0.25) is 0 Å². The zero-order valence-corrected chi connectivity index (χ0v) is 10.2. The number of alkyl halides is 3. The third kappa shape index (κ3) is 2.12. The molecule has 0 N–H and O–H groups in total. The van der Waals surface area contributed by atoms with Crippen molar-refractivity contribution in [2.45, 2.75) is 6.18 Å². The number of rotatable bonds is 1. The highest BCUT2D eigenvalue weighted by atomic mass is 79.9. The Morgan fingerprint density at radius 1 is 1.19 bits per heavy atom. The summed E-state index contributed by atoms with van der Waals surface area (Å²) in [5.41, 5.74) is 1.02. The monoisotopic (exact) mass is 307 g/mol. The van der Waals surface area contributed by atoms with Crippen LogP contribution in [0.15, 0.2) is 34.4 Å². The molecule has 16 heavy (non-hydrogen) atoms. The summed E-state index contributed by atoms with van der Waals surface area (Å²) in [4.78, 5) is 4.38. The fraction of sp³-hybridized carbons (Fsp3) is 0.100. The second-order valence-corrected chi connectivity index (χ2v) is 4.62. The molecule has 1 aromatic heterocycles. The van der Waals surface area contributed by atoms with Crippen molar-refractivity contribution in [3.63, 3.8) is 0 Å². The second-order valence-electron chi connectivity index (χ2n) is 3.02. The summed E-state index contributed by atoms with van der Waals surface area (Å²) in [5, 5.41) is 0. The highest BCUT2D eigenvalue weighted by Gasteiger charge is 2.34. The van der Waals surface area contributed by atoms with Gasteiger partial charge in [0.05, 0.1) is 16.0 Å². The molecule has 0 aliphatic heterocycles. The molecule has 0 saturated heterocycles. The molecule has 0 aliphatic carbocycles. The summed E-state index contributed by atoms with van der Waals surface area (Å²) in [6, 6.07) is 5.47. The summed E-state index contributed by atoms with van der Waals surface area (Å²) in [6.07, 6.45) is -4.35. The Kier molecular flexibility index (Phi) is 3.03. The first-order chi connectivity index (χ1) is 7.50. The quantitative estimate of drug-likeness (QED) is 0.751. The number of thiazole rings is 1. The summed E-state index contributed by atoms with van der Waals surface area (Å²) in [6.45, 7) is 0. The van der Waals surface area contributed by atoms with Crippen molar-refractivity contribution in [3.8, 4) is 10.4 Å².